The second-order valence-electron chi connectivity index (χ2n) is 7.34. The average molecular weight is 325 g/mol. The Morgan fingerprint density at radius 2 is 1.64 bits per heavy atom. The Hall–Kier alpha value is -1.04. The van der Waals surface area contributed by atoms with E-state index in [1.54, 1.807) is 12.1 Å². The first kappa shape index (κ1) is 19.0. The van der Waals surface area contributed by atoms with Gasteiger partial charge in [-0.25, -0.2) is 4.79 Å². The highest BCUT2D eigenvalue weighted by molar-refractivity contribution is 7.90. The zero-order valence-electron chi connectivity index (χ0n) is 14.5. The number of hydrogen-bond donors (Lipinski definition) is 1. The summed E-state index contributed by atoms with van der Waals surface area (Å²) < 4.78 is 20.2. The zero-order chi connectivity index (χ0) is 17.1. The van der Waals surface area contributed by atoms with E-state index in [2.05, 4.69) is 4.72 Å². The van der Waals surface area contributed by atoms with Crippen molar-refractivity contribution in [2.75, 3.05) is 0 Å². The predicted molar refractivity (Wildman–Crippen MR) is 91.1 cm³/mol. The second kappa shape index (κ2) is 7.02. The maximum atomic E-state index is 12.1. The Balaban J connectivity index is 2.74. The van der Waals surface area contributed by atoms with Gasteiger partial charge in [-0.3, -0.25) is 0 Å². The molecule has 124 valence electrons. The fourth-order valence-corrected chi connectivity index (χ4v) is 2.46. The molecule has 1 aromatic carbocycles. The van der Waals surface area contributed by atoms with Crippen LogP contribution in [0.1, 0.15) is 70.4 Å². The molecule has 0 saturated heterocycles. The number of hydrogen-bond acceptors (Lipinski definition) is 4. The van der Waals surface area contributed by atoms with Gasteiger partial charge in [0.25, 0.3) is 0 Å². The highest BCUT2D eigenvalue weighted by Gasteiger charge is 2.28. The van der Waals surface area contributed by atoms with Crippen molar-refractivity contribution in [1.29, 1.82) is 0 Å². The van der Waals surface area contributed by atoms with Crippen molar-refractivity contribution < 1.29 is 14.1 Å². The molecule has 2 atom stereocenters. The van der Waals surface area contributed by atoms with E-state index in [-0.39, 0.29) is 16.8 Å². The Morgan fingerprint density at radius 1 is 1.14 bits per heavy atom. The molecule has 0 radical (unpaired) electrons. The van der Waals surface area contributed by atoms with Crippen molar-refractivity contribution in [2.45, 2.75) is 64.9 Å². The standard InChI is InChI=1S/C17H27NO3S/c1-12(18-22(20)17(5,6)7)13-8-10-14(11-9-13)15(19)21-16(2,3)4/h8-12,18H,1-7H3/t12-,22?/m1/s1. The molecule has 0 spiro atoms. The van der Waals surface area contributed by atoms with E-state index in [4.69, 9.17) is 4.74 Å². The highest BCUT2D eigenvalue weighted by Crippen LogP contribution is 2.20. The van der Waals surface area contributed by atoms with Crippen LogP contribution in [-0.2, 0) is 16.1 Å². The summed E-state index contributed by atoms with van der Waals surface area (Å²) in [6, 6.07) is 7.13. The van der Waals surface area contributed by atoms with Crippen LogP contribution in [0, 0.1) is 0 Å². The summed E-state index contributed by atoms with van der Waals surface area (Å²) in [7, 11) is 0. The molecule has 1 unspecified atom stereocenters. The summed E-state index contributed by atoms with van der Waals surface area (Å²) in [5.74, 6) is -0.335. The van der Waals surface area contributed by atoms with Crippen LogP contribution in [-0.4, -0.2) is 20.9 Å². The molecule has 22 heavy (non-hydrogen) atoms. The first-order valence-corrected chi connectivity index (χ1v) is 8.56. The number of ether oxygens (including phenoxy) is 1. The first-order valence-electron chi connectivity index (χ1n) is 7.41. The summed E-state index contributed by atoms with van der Waals surface area (Å²) in [5.41, 5.74) is 0.988. The third kappa shape index (κ3) is 5.99. The molecular weight excluding hydrogens is 298 g/mol. The molecule has 0 fully saturated rings. The van der Waals surface area contributed by atoms with E-state index in [9.17, 15) is 9.35 Å². The van der Waals surface area contributed by atoms with Crippen LogP contribution >= 0.6 is 0 Å². The van der Waals surface area contributed by atoms with Gasteiger partial charge in [0.15, 0.2) is 0 Å². The van der Waals surface area contributed by atoms with Crippen LogP contribution < -0.4 is 4.72 Å². The lowest BCUT2D eigenvalue weighted by Crippen LogP contribution is -2.40. The molecule has 0 aliphatic rings. The molecule has 4 nitrogen and oxygen atoms in total. The molecule has 1 aromatic rings. The van der Waals surface area contributed by atoms with Gasteiger partial charge >= 0.3 is 5.97 Å². The average Bonchev–Trinajstić information content (AvgIpc) is 2.35. The normalized spacial score (nSPS) is 15.3. The van der Waals surface area contributed by atoms with E-state index in [1.807, 2.05) is 60.6 Å². The van der Waals surface area contributed by atoms with Crippen molar-refractivity contribution in [2.24, 2.45) is 0 Å². The van der Waals surface area contributed by atoms with Gasteiger partial charge in [-0.15, -0.1) is 4.72 Å². The SMILES string of the molecule is C[C@@H](N[S+]([O-])C(C)(C)C)c1ccc(C(=O)OC(C)(C)C)cc1. The summed E-state index contributed by atoms with van der Waals surface area (Å²) in [5, 5.41) is 0. The minimum Gasteiger partial charge on any atom is -0.598 e. The molecule has 0 heterocycles. The third-order valence-electron chi connectivity index (χ3n) is 2.89. The van der Waals surface area contributed by atoms with Gasteiger partial charge in [-0.2, -0.15) is 0 Å². The smallest absolute Gasteiger partial charge is 0.338 e. The lowest BCUT2D eigenvalue weighted by molar-refractivity contribution is 0.00695. The van der Waals surface area contributed by atoms with Gasteiger partial charge in [0, 0.05) is 11.4 Å². The highest BCUT2D eigenvalue weighted by atomic mass is 32.2. The Bertz CT molecular complexity index is 500. The molecular formula is C17H27NO3S. The van der Waals surface area contributed by atoms with E-state index in [1.165, 1.54) is 0 Å². The quantitative estimate of drug-likeness (QED) is 0.676. The number of rotatable bonds is 4. The van der Waals surface area contributed by atoms with Gasteiger partial charge in [0.2, 0.25) is 0 Å². The first-order chi connectivity index (χ1) is 9.90. The van der Waals surface area contributed by atoms with E-state index >= 15 is 0 Å². The maximum Gasteiger partial charge on any atom is 0.338 e. The number of carbonyl (C=O) groups is 1. The molecule has 1 N–H and O–H groups in total. The zero-order valence-corrected chi connectivity index (χ0v) is 15.3. The maximum absolute atomic E-state index is 12.1. The molecule has 0 aliphatic heterocycles. The minimum absolute atomic E-state index is 0.0623. The van der Waals surface area contributed by atoms with Crippen LogP contribution in [0.3, 0.4) is 0 Å². The third-order valence-corrected chi connectivity index (χ3v) is 4.57. The number of carbonyl (C=O) groups excluding carboxylic acids is 1. The molecule has 0 bridgehead atoms. The topological polar surface area (TPSA) is 61.4 Å². The van der Waals surface area contributed by atoms with Gasteiger partial charge in [0.05, 0.1) is 11.6 Å². The van der Waals surface area contributed by atoms with Crippen molar-refractivity contribution in [3.63, 3.8) is 0 Å². The van der Waals surface area contributed by atoms with Crippen LogP contribution in [0.2, 0.25) is 0 Å². The fourth-order valence-electron chi connectivity index (χ4n) is 1.65. The summed E-state index contributed by atoms with van der Waals surface area (Å²) >= 11 is -1.14. The van der Waals surface area contributed by atoms with Crippen molar-refractivity contribution in [1.82, 2.24) is 4.72 Å². The Labute approximate surface area is 137 Å². The lowest BCUT2D eigenvalue weighted by Gasteiger charge is -2.26. The van der Waals surface area contributed by atoms with E-state index < -0.39 is 17.0 Å². The van der Waals surface area contributed by atoms with Crippen LogP contribution in [0.5, 0.6) is 0 Å². The monoisotopic (exact) mass is 325 g/mol. The molecule has 5 heteroatoms. The van der Waals surface area contributed by atoms with Gasteiger partial charge in [0.1, 0.15) is 10.3 Å². The predicted octanol–water partition coefficient (Wildman–Crippen LogP) is 3.75. The fraction of sp³-hybridized carbons (Fsp3) is 0.588. The van der Waals surface area contributed by atoms with Gasteiger partial charge in [-0.05, 0) is 66.2 Å². The summed E-state index contributed by atoms with van der Waals surface area (Å²) in [6.07, 6.45) is 0. The summed E-state index contributed by atoms with van der Waals surface area (Å²) in [4.78, 5) is 12.0. The summed E-state index contributed by atoms with van der Waals surface area (Å²) in [6.45, 7) is 13.2. The van der Waals surface area contributed by atoms with Gasteiger partial charge < -0.3 is 9.29 Å². The Kier molecular flexibility index (Phi) is 6.07. The van der Waals surface area contributed by atoms with Crippen LogP contribution in [0.15, 0.2) is 24.3 Å². The van der Waals surface area contributed by atoms with E-state index in [0.717, 1.165) is 5.56 Å². The van der Waals surface area contributed by atoms with Crippen LogP contribution in [0.4, 0.5) is 0 Å². The molecule has 0 aliphatic carbocycles. The Morgan fingerprint density at radius 3 is 2.05 bits per heavy atom. The van der Waals surface area contributed by atoms with E-state index in [0.29, 0.717) is 5.56 Å². The van der Waals surface area contributed by atoms with Crippen LogP contribution in [0.25, 0.3) is 0 Å². The molecule has 0 aromatic heterocycles. The van der Waals surface area contributed by atoms with Gasteiger partial charge in [-0.1, -0.05) is 12.1 Å². The number of nitrogens with one attached hydrogen (secondary N) is 1. The van der Waals surface area contributed by atoms with Crippen molar-refractivity contribution in [3.05, 3.63) is 35.4 Å². The second-order valence-corrected chi connectivity index (χ2v) is 9.34. The largest absolute Gasteiger partial charge is 0.598 e. The molecule has 1 rings (SSSR count). The molecule has 0 amide bonds. The lowest BCUT2D eigenvalue weighted by atomic mass is 10.1. The molecule has 0 saturated carbocycles. The minimum atomic E-state index is -1.14. The van der Waals surface area contributed by atoms with Crippen molar-refractivity contribution in [3.8, 4) is 0 Å². The van der Waals surface area contributed by atoms with Crippen molar-refractivity contribution >= 4 is 17.3 Å². The number of esters is 1. The number of benzene rings is 1.